The number of para-hydroxylation sites is 2. The molecular weight excluding hydrogens is 428 g/mol. The normalized spacial score (nSPS) is 11.0. The molecule has 32 heavy (non-hydrogen) atoms. The van der Waals surface area contributed by atoms with Gasteiger partial charge in [0.05, 0.1) is 10.6 Å². The van der Waals surface area contributed by atoms with Gasteiger partial charge in [-0.1, -0.05) is 53.7 Å². The first-order valence-electron chi connectivity index (χ1n) is 9.59. The van der Waals surface area contributed by atoms with Crippen molar-refractivity contribution in [2.45, 2.75) is 0 Å². The highest BCUT2D eigenvalue weighted by Crippen LogP contribution is 2.30. The number of aromatic nitrogens is 3. The molecule has 2 aromatic heterocycles. The molecule has 0 amide bonds. The molecule has 0 radical (unpaired) electrons. The Morgan fingerprint density at radius 1 is 0.875 bits per heavy atom. The smallest absolute Gasteiger partial charge is 0.272 e. The van der Waals surface area contributed by atoms with E-state index in [0.717, 1.165) is 0 Å². The fourth-order valence-electron chi connectivity index (χ4n) is 3.59. The molecule has 9 heteroatoms. The van der Waals surface area contributed by atoms with Crippen molar-refractivity contribution >= 4 is 28.9 Å². The molecule has 5 rings (SSSR count). The number of fused-ring (bicyclic) bond motifs is 1. The molecule has 5 aromatic rings. The standard InChI is InChI=1S/C23H14N4O4S/c28-22-19-20(15-8-7-13-18(14-15)27(29)30)31-24-21(19)25(16-9-3-1-4-10-16)23(32)26(22)17-11-5-2-6-12-17/h1-14H. The maximum absolute atomic E-state index is 13.7. The predicted molar refractivity (Wildman–Crippen MR) is 122 cm³/mol. The van der Waals surface area contributed by atoms with E-state index in [1.54, 1.807) is 22.8 Å². The van der Waals surface area contributed by atoms with Crippen LogP contribution in [0.2, 0.25) is 0 Å². The van der Waals surface area contributed by atoms with Gasteiger partial charge in [-0.15, -0.1) is 0 Å². The molecule has 0 aliphatic heterocycles. The number of rotatable bonds is 4. The minimum Gasteiger partial charge on any atom is -0.353 e. The monoisotopic (exact) mass is 442 g/mol. The Morgan fingerprint density at radius 3 is 2.12 bits per heavy atom. The number of nitro groups is 1. The number of hydrogen-bond donors (Lipinski definition) is 0. The summed E-state index contributed by atoms with van der Waals surface area (Å²) in [7, 11) is 0. The van der Waals surface area contributed by atoms with Crippen LogP contribution in [0.1, 0.15) is 0 Å². The van der Waals surface area contributed by atoms with E-state index in [1.165, 1.54) is 22.8 Å². The topological polar surface area (TPSA) is 96.1 Å². The third-order valence-corrected chi connectivity index (χ3v) is 5.40. The summed E-state index contributed by atoms with van der Waals surface area (Å²) in [6.07, 6.45) is 0. The molecule has 2 heterocycles. The Bertz CT molecular complexity index is 1590. The molecule has 8 nitrogen and oxygen atoms in total. The third kappa shape index (κ3) is 3.12. The highest BCUT2D eigenvalue weighted by molar-refractivity contribution is 7.71. The molecule has 0 unspecified atom stereocenters. The molecule has 0 N–H and O–H groups in total. The lowest BCUT2D eigenvalue weighted by atomic mass is 10.1. The average molecular weight is 442 g/mol. The summed E-state index contributed by atoms with van der Waals surface area (Å²) >= 11 is 5.71. The number of nitro benzene ring substituents is 1. The molecule has 156 valence electrons. The van der Waals surface area contributed by atoms with Crippen molar-refractivity contribution < 1.29 is 9.45 Å². The first-order chi connectivity index (χ1) is 15.6. The number of nitrogens with zero attached hydrogens (tertiary/aromatic N) is 4. The van der Waals surface area contributed by atoms with Crippen LogP contribution in [0.3, 0.4) is 0 Å². The lowest BCUT2D eigenvalue weighted by Gasteiger charge is -2.13. The van der Waals surface area contributed by atoms with Crippen LogP contribution in [-0.4, -0.2) is 19.2 Å². The zero-order chi connectivity index (χ0) is 22.2. The Kier molecular flexibility index (Phi) is 4.72. The fourth-order valence-corrected chi connectivity index (χ4v) is 3.97. The van der Waals surface area contributed by atoms with E-state index >= 15 is 0 Å². The number of hydrogen-bond acceptors (Lipinski definition) is 6. The van der Waals surface area contributed by atoms with Gasteiger partial charge in [0.1, 0.15) is 5.39 Å². The molecule has 0 saturated heterocycles. The molecule has 0 atom stereocenters. The molecule has 0 bridgehead atoms. The molecule has 0 aliphatic carbocycles. The summed E-state index contributed by atoms with van der Waals surface area (Å²) in [5.41, 5.74) is 1.35. The second kappa shape index (κ2) is 7.71. The van der Waals surface area contributed by atoms with Gasteiger partial charge in [0.25, 0.3) is 11.2 Å². The van der Waals surface area contributed by atoms with Crippen LogP contribution in [0.25, 0.3) is 33.7 Å². The van der Waals surface area contributed by atoms with Crippen LogP contribution in [-0.2, 0) is 0 Å². The summed E-state index contributed by atoms with van der Waals surface area (Å²) in [6, 6.07) is 24.2. The minimum absolute atomic E-state index is 0.119. The summed E-state index contributed by atoms with van der Waals surface area (Å²) in [5, 5.41) is 15.6. The van der Waals surface area contributed by atoms with Gasteiger partial charge in [-0.2, -0.15) is 0 Å². The molecule has 0 saturated carbocycles. The Balaban J connectivity index is 1.92. The molecular formula is C23H14N4O4S. The van der Waals surface area contributed by atoms with Crippen LogP contribution in [0.15, 0.2) is 94.2 Å². The van der Waals surface area contributed by atoms with Gasteiger partial charge in [0.15, 0.2) is 16.2 Å². The summed E-state index contributed by atoms with van der Waals surface area (Å²) < 4.78 is 8.85. The number of benzene rings is 3. The maximum atomic E-state index is 13.7. The molecule has 0 spiro atoms. The third-order valence-electron chi connectivity index (χ3n) is 5.03. The zero-order valence-corrected chi connectivity index (χ0v) is 17.2. The van der Waals surface area contributed by atoms with Crippen molar-refractivity contribution in [1.29, 1.82) is 0 Å². The van der Waals surface area contributed by atoms with Crippen LogP contribution >= 0.6 is 12.2 Å². The van der Waals surface area contributed by atoms with E-state index in [0.29, 0.717) is 16.9 Å². The van der Waals surface area contributed by atoms with E-state index in [1.807, 2.05) is 48.5 Å². The Hall–Kier alpha value is -4.37. The molecule has 3 aromatic carbocycles. The van der Waals surface area contributed by atoms with Gasteiger partial charge < -0.3 is 4.52 Å². The van der Waals surface area contributed by atoms with Crippen molar-refractivity contribution in [3.63, 3.8) is 0 Å². The lowest BCUT2D eigenvalue weighted by Crippen LogP contribution is -2.23. The van der Waals surface area contributed by atoms with E-state index in [9.17, 15) is 14.9 Å². The molecule has 0 fully saturated rings. The SMILES string of the molecule is O=c1c2c(-c3cccc([N+](=O)[O-])c3)onc2n(-c2ccccc2)c(=S)n1-c1ccccc1. The van der Waals surface area contributed by atoms with Gasteiger partial charge in [-0.25, -0.2) is 0 Å². The maximum Gasteiger partial charge on any atom is 0.272 e. The van der Waals surface area contributed by atoms with Gasteiger partial charge in [-0.3, -0.25) is 24.0 Å². The van der Waals surface area contributed by atoms with E-state index in [-0.39, 0.29) is 27.3 Å². The largest absolute Gasteiger partial charge is 0.353 e. The predicted octanol–water partition coefficient (Wildman–Crippen LogP) is 5.07. The second-order valence-corrected chi connectivity index (χ2v) is 7.31. The van der Waals surface area contributed by atoms with Gasteiger partial charge in [0.2, 0.25) is 0 Å². The second-order valence-electron chi connectivity index (χ2n) is 6.95. The van der Waals surface area contributed by atoms with Crippen molar-refractivity contribution in [1.82, 2.24) is 14.3 Å². The van der Waals surface area contributed by atoms with Crippen LogP contribution in [0.5, 0.6) is 0 Å². The van der Waals surface area contributed by atoms with Crippen molar-refractivity contribution in [3.8, 4) is 22.7 Å². The summed E-state index contributed by atoms with van der Waals surface area (Å²) in [4.78, 5) is 24.4. The van der Waals surface area contributed by atoms with Crippen LogP contribution in [0, 0.1) is 14.9 Å². The highest BCUT2D eigenvalue weighted by atomic mass is 32.1. The minimum atomic E-state index is -0.504. The quantitative estimate of drug-likeness (QED) is 0.219. The van der Waals surface area contributed by atoms with Gasteiger partial charge in [0, 0.05) is 23.4 Å². The first-order valence-corrected chi connectivity index (χ1v) is 10.00. The highest BCUT2D eigenvalue weighted by Gasteiger charge is 2.23. The van der Waals surface area contributed by atoms with Gasteiger partial charge in [-0.05, 0) is 36.5 Å². The van der Waals surface area contributed by atoms with E-state index in [4.69, 9.17) is 16.7 Å². The first kappa shape index (κ1) is 19.6. The van der Waals surface area contributed by atoms with Gasteiger partial charge >= 0.3 is 0 Å². The zero-order valence-electron chi connectivity index (χ0n) is 16.4. The average Bonchev–Trinajstić information content (AvgIpc) is 3.26. The number of non-ortho nitro benzene ring substituents is 1. The summed E-state index contributed by atoms with van der Waals surface area (Å²) in [5.74, 6) is 0.137. The van der Waals surface area contributed by atoms with Crippen molar-refractivity contribution in [2.24, 2.45) is 0 Å². The van der Waals surface area contributed by atoms with E-state index in [2.05, 4.69) is 5.16 Å². The lowest BCUT2D eigenvalue weighted by molar-refractivity contribution is -0.384. The summed E-state index contributed by atoms with van der Waals surface area (Å²) in [6.45, 7) is 0. The van der Waals surface area contributed by atoms with E-state index < -0.39 is 10.5 Å². The fraction of sp³-hybridized carbons (Fsp3) is 0. The van der Waals surface area contributed by atoms with Crippen LogP contribution < -0.4 is 5.56 Å². The van der Waals surface area contributed by atoms with Crippen LogP contribution in [0.4, 0.5) is 5.69 Å². The Morgan fingerprint density at radius 2 is 1.50 bits per heavy atom. The van der Waals surface area contributed by atoms with Crippen molar-refractivity contribution in [3.05, 3.63) is 110 Å². The molecule has 0 aliphatic rings. The van der Waals surface area contributed by atoms with Crippen molar-refractivity contribution in [2.75, 3.05) is 0 Å². The Labute approximate surface area is 185 Å².